The first-order valence-corrected chi connectivity index (χ1v) is 14.5. The van der Waals surface area contributed by atoms with Crippen molar-refractivity contribution in [3.63, 3.8) is 0 Å². The van der Waals surface area contributed by atoms with Gasteiger partial charge in [0.2, 0.25) is 0 Å². The van der Waals surface area contributed by atoms with Gasteiger partial charge in [-0.1, -0.05) is 0 Å². The van der Waals surface area contributed by atoms with E-state index in [0.717, 1.165) is 11.8 Å². The summed E-state index contributed by atoms with van der Waals surface area (Å²) in [6, 6.07) is 44.3. The summed E-state index contributed by atoms with van der Waals surface area (Å²) in [5.41, 5.74) is 0. The SMILES string of the molecule is CC(=O)O.[Pd][CH2]C(P(c1ccccc1)c1ccccc1)P(c1ccccc1)c1ccccc1. The predicted molar refractivity (Wildman–Crippen MR) is 140 cm³/mol. The first-order chi connectivity index (χ1) is 16.1. The summed E-state index contributed by atoms with van der Waals surface area (Å²) in [5.74, 6) is -0.833. The Balaban J connectivity index is 0.000000709. The number of aliphatic carboxylic acids is 1. The van der Waals surface area contributed by atoms with E-state index in [1.165, 1.54) is 21.2 Å². The summed E-state index contributed by atoms with van der Waals surface area (Å²) in [6.07, 6.45) is 0. The molecule has 5 heteroatoms. The Labute approximate surface area is 210 Å². The maximum absolute atomic E-state index is 9.00. The number of benzene rings is 4. The minimum atomic E-state index is -0.833. The Bertz CT molecular complexity index is 928. The number of hydrogen-bond donors (Lipinski definition) is 1. The van der Waals surface area contributed by atoms with E-state index in [9.17, 15) is 0 Å². The van der Waals surface area contributed by atoms with Crippen LogP contribution in [0.15, 0.2) is 121 Å². The molecule has 4 aromatic carbocycles. The molecule has 0 fully saturated rings. The van der Waals surface area contributed by atoms with Crippen molar-refractivity contribution in [3.8, 4) is 0 Å². The molecule has 0 aliphatic carbocycles. The standard InChI is InChI=1S/C26H23P2.C2H4O2.Pd/c1-22(27(23-14-6-2-7-15-23)24-16-8-3-9-17-24)28(25-18-10-4-11-19-25)26-20-12-5-13-21-26;1-2(3)4;/h2-22H,1H2;1H3,(H,3,4);. The van der Waals surface area contributed by atoms with Crippen LogP contribution in [0.1, 0.15) is 6.92 Å². The van der Waals surface area contributed by atoms with Gasteiger partial charge in [0.15, 0.2) is 0 Å². The van der Waals surface area contributed by atoms with Crippen LogP contribution in [-0.2, 0) is 24.0 Å². The summed E-state index contributed by atoms with van der Waals surface area (Å²) in [6.45, 7) is 1.08. The summed E-state index contributed by atoms with van der Waals surface area (Å²) in [5, 5.41) is 13.7. The molecule has 33 heavy (non-hydrogen) atoms. The van der Waals surface area contributed by atoms with Crippen molar-refractivity contribution in [2.45, 2.75) is 17.2 Å². The van der Waals surface area contributed by atoms with E-state index in [1.807, 2.05) is 0 Å². The third-order valence-corrected chi connectivity index (χ3v) is 12.8. The number of carboxylic acid groups (broad SMARTS) is 1. The number of hydrogen-bond acceptors (Lipinski definition) is 1. The molecule has 171 valence electrons. The van der Waals surface area contributed by atoms with Crippen LogP contribution in [0.2, 0.25) is 4.89 Å². The van der Waals surface area contributed by atoms with Gasteiger partial charge in [-0.2, -0.15) is 0 Å². The molecule has 0 unspecified atom stereocenters. The molecule has 0 aliphatic heterocycles. The maximum atomic E-state index is 9.00. The Morgan fingerprint density at radius 3 is 1.03 bits per heavy atom. The quantitative estimate of drug-likeness (QED) is 0.234. The van der Waals surface area contributed by atoms with E-state index >= 15 is 0 Å². The molecule has 0 radical (unpaired) electrons. The molecule has 0 heterocycles. The van der Waals surface area contributed by atoms with Crippen molar-refractivity contribution in [1.29, 1.82) is 0 Å². The Kier molecular flexibility index (Phi) is 10.5. The molecule has 0 atom stereocenters. The van der Waals surface area contributed by atoms with Crippen molar-refractivity contribution < 1.29 is 29.1 Å². The first kappa shape index (κ1) is 25.5. The predicted octanol–water partition coefficient (Wildman–Crippen LogP) is 5.63. The monoisotopic (exact) mass is 563 g/mol. The van der Waals surface area contributed by atoms with Crippen LogP contribution >= 0.6 is 15.8 Å². The van der Waals surface area contributed by atoms with Gasteiger partial charge >= 0.3 is 188 Å². The van der Waals surface area contributed by atoms with Crippen molar-refractivity contribution in [1.82, 2.24) is 0 Å². The van der Waals surface area contributed by atoms with Crippen LogP contribution in [0.3, 0.4) is 0 Å². The Morgan fingerprint density at radius 2 is 0.848 bits per heavy atom. The van der Waals surface area contributed by atoms with Gasteiger partial charge in [-0.25, -0.2) is 0 Å². The van der Waals surface area contributed by atoms with E-state index in [-0.39, 0.29) is 0 Å². The van der Waals surface area contributed by atoms with Crippen molar-refractivity contribution in [3.05, 3.63) is 121 Å². The molecule has 0 aromatic heterocycles. The first-order valence-electron chi connectivity index (χ1n) is 10.6. The second kappa shape index (κ2) is 13.5. The van der Waals surface area contributed by atoms with Gasteiger partial charge in [0.1, 0.15) is 0 Å². The Morgan fingerprint density at radius 1 is 0.636 bits per heavy atom. The van der Waals surface area contributed by atoms with E-state index in [4.69, 9.17) is 9.90 Å². The molecule has 4 aromatic rings. The molecular weight excluding hydrogens is 537 g/mol. The molecular formula is C28H27O2P2Pd. The van der Waals surface area contributed by atoms with Gasteiger partial charge in [0.05, 0.1) is 0 Å². The third kappa shape index (κ3) is 7.43. The molecule has 1 N–H and O–H groups in total. The molecule has 0 saturated heterocycles. The normalized spacial score (nSPS) is 10.7. The fraction of sp³-hybridized carbons (Fsp3) is 0.107. The van der Waals surface area contributed by atoms with Crippen LogP contribution in [0.4, 0.5) is 0 Å². The zero-order valence-electron chi connectivity index (χ0n) is 18.4. The number of rotatable bonds is 7. The molecule has 2 nitrogen and oxygen atoms in total. The van der Waals surface area contributed by atoms with E-state index in [2.05, 4.69) is 141 Å². The number of carbonyl (C=O) groups is 1. The summed E-state index contributed by atoms with van der Waals surface area (Å²) in [7, 11) is -1.02. The molecule has 0 aliphatic rings. The van der Waals surface area contributed by atoms with Gasteiger partial charge in [0.25, 0.3) is 5.97 Å². The van der Waals surface area contributed by atoms with Crippen LogP contribution in [0.5, 0.6) is 0 Å². The summed E-state index contributed by atoms with van der Waals surface area (Å²) in [4.78, 5) is 10.0. The fourth-order valence-corrected chi connectivity index (χ4v) is 12.0. The topological polar surface area (TPSA) is 37.3 Å². The second-order valence-electron chi connectivity index (χ2n) is 7.21. The second-order valence-corrected chi connectivity index (χ2v) is 13.0. The van der Waals surface area contributed by atoms with E-state index < -0.39 is 21.8 Å². The molecule has 0 saturated carbocycles. The average molecular weight is 564 g/mol. The van der Waals surface area contributed by atoms with Gasteiger partial charge in [-0.05, 0) is 0 Å². The molecule has 0 amide bonds. The Hall–Kier alpha value is -2.13. The van der Waals surface area contributed by atoms with Gasteiger partial charge in [0, 0.05) is 6.92 Å². The fourth-order valence-electron chi connectivity index (χ4n) is 3.57. The van der Waals surface area contributed by atoms with E-state index in [0.29, 0.717) is 5.40 Å². The van der Waals surface area contributed by atoms with Crippen molar-refractivity contribution in [2.24, 2.45) is 0 Å². The van der Waals surface area contributed by atoms with Gasteiger partial charge in [-0.15, -0.1) is 0 Å². The van der Waals surface area contributed by atoms with Crippen LogP contribution in [-0.4, -0.2) is 16.5 Å². The van der Waals surface area contributed by atoms with Gasteiger partial charge < -0.3 is 5.11 Å². The van der Waals surface area contributed by atoms with E-state index in [1.54, 1.807) is 0 Å². The zero-order chi connectivity index (χ0) is 23.5. The van der Waals surface area contributed by atoms with Crippen LogP contribution < -0.4 is 21.2 Å². The molecule has 0 bridgehead atoms. The number of carboxylic acids is 1. The minimum absolute atomic E-state index is 0.510. The van der Waals surface area contributed by atoms with Gasteiger partial charge in [-0.3, -0.25) is 4.79 Å². The van der Waals surface area contributed by atoms with Crippen molar-refractivity contribution >= 4 is 43.0 Å². The third-order valence-electron chi connectivity index (χ3n) is 4.85. The van der Waals surface area contributed by atoms with Crippen LogP contribution in [0, 0.1) is 0 Å². The zero-order valence-corrected chi connectivity index (χ0v) is 21.7. The summed E-state index contributed by atoms with van der Waals surface area (Å²) >= 11 is 3.62. The van der Waals surface area contributed by atoms with Crippen LogP contribution in [0.25, 0.3) is 0 Å². The van der Waals surface area contributed by atoms with Crippen molar-refractivity contribution in [2.75, 3.05) is 0 Å². The summed E-state index contributed by atoms with van der Waals surface area (Å²) < 4.78 is 0. The average Bonchev–Trinajstić information content (AvgIpc) is 2.86. The molecule has 0 spiro atoms. The molecule has 4 rings (SSSR count).